The van der Waals surface area contributed by atoms with Crippen molar-refractivity contribution in [1.82, 2.24) is 0 Å². The van der Waals surface area contributed by atoms with Gasteiger partial charge in [0, 0.05) is 17.8 Å². The van der Waals surface area contributed by atoms with Crippen molar-refractivity contribution in [2.45, 2.75) is 31.7 Å². The summed E-state index contributed by atoms with van der Waals surface area (Å²) in [6.45, 7) is 4.93. The molecule has 0 radical (unpaired) electrons. The van der Waals surface area contributed by atoms with E-state index in [-0.39, 0.29) is 5.54 Å². The highest BCUT2D eigenvalue weighted by atomic mass is 16.3. The van der Waals surface area contributed by atoms with Gasteiger partial charge in [-0.2, -0.15) is 0 Å². The number of fused-ring (bicyclic) bond motifs is 1. The quantitative estimate of drug-likeness (QED) is 0.616. The van der Waals surface area contributed by atoms with Crippen molar-refractivity contribution in [3.05, 3.63) is 23.8 Å². The Hall–Kier alpha value is -1.22. The summed E-state index contributed by atoms with van der Waals surface area (Å²) in [4.78, 5) is 0. The molecule has 2 unspecified atom stereocenters. The van der Waals surface area contributed by atoms with Gasteiger partial charge in [0.05, 0.1) is 0 Å². The number of aromatic hydroxyl groups is 1. The lowest BCUT2D eigenvalue weighted by Crippen LogP contribution is -2.46. The molecule has 0 saturated carbocycles. The van der Waals surface area contributed by atoms with Crippen molar-refractivity contribution < 1.29 is 5.11 Å². The molecule has 0 bridgehead atoms. The van der Waals surface area contributed by atoms with Gasteiger partial charge in [0.1, 0.15) is 5.75 Å². The van der Waals surface area contributed by atoms with E-state index >= 15 is 0 Å². The molecule has 82 valence electrons. The van der Waals surface area contributed by atoms with Crippen LogP contribution in [-0.4, -0.2) is 17.2 Å². The maximum atomic E-state index is 9.44. The average Bonchev–Trinajstić information content (AvgIpc) is 2.20. The van der Waals surface area contributed by atoms with Gasteiger partial charge in [0.2, 0.25) is 0 Å². The van der Waals surface area contributed by atoms with E-state index in [4.69, 9.17) is 5.73 Å². The topological polar surface area (TPSA) is 58.3 Å². The predicted molar refractivity (Wildman–Crippen MR) is 62.2 cm³/mol. The van der Waals surface area contributed by atoms with E-state index in [1.54, 1.807) is 6.07 Å². The number of anilines is 1. The number of nitrogens with one attached hydrogen (secondary N) is 1. The molecule has 2 atom stereocenters. The molecular weight excluding hydrogens is 188 g/mol. The molecule has 0 fully saturated rings. The number of hydrogen-bond acceptors (Lipinski definition) is 3. The summed E-state index contributed by atoms with van der Waals surface area (Å²) in [6.07, 6.45) is 1.000. The van der Waals surface area contributed by atoms with E-state index < -0.39 is 0 Å². The zero-order valence-corrected chi connectivity index (χ0v) is 9.25. The summed E-state index contributed by atoms with van der Waals surface area (Å²) >= 11 is 0. The van der Waals surface area contributed by atoms with Crippen LogP contribution in [0, 0.1) is 0 Å². The summed E-state index contributed by atoms with van der Waals surface area (Å²) in [6, 6.07) is 5.47. The maximum Gasteiger partial charge on any atom is 0.116 e. The zero-order chi connectivity index (χ0) is 11.1. The molecule has 1 aromatic rings. The first-order chi connectivity index (χ1) is 7.04. The van der Waals surface area contributed by atoms with Gasteiger partial charge >= 0.3 is 0 Å². The van der Waals surface area contributed by atoms with Crippen LogP contribution < -0.4 is 11.1 Å². The second-order valence-corrected chi connectivity index (χ2v) is 4.77. The Bertz CT molecular complexity index is 378. The van der Waals surface area contributed by atoms with Gasteiger partial charge < -0.3 is 16.2 Å². The molecular formula is C12H18N2O. The molecule has 4 N–H and O–H groups in total. The van der Waals surface area contributed by atoms with Gasteiger partial charge in [0.25, 0.3) is 0 Å². The van der Waals surface area contributed by atoms with Crippen molar-refractivity contribution in [2.24, 2.45) is 5.73 Å². The van der Waals surface area contributed by atoms with Gasteiger partial charge in [0.15, 0.2) is 0 Å². The number of nitrogens with two attached hydrogens (primary N) is 1. The summed E-state index contributed by atoms with van der Waals surface area (Å²) < 4.78 is 0. The monoisotopic (exact) mass is 206 g/mol. The Labute approximate surface area is 90.3 Å². The summed E-state index contributed by atoms with van der Waals surface area (Å²) in [5.74, 6) is 0.764. The molecule has 1 aromatic carbocycles. The molecule has 1 aliphatic heterocycles. The van der Waals surface area contributed by atoms with Crippen molar-refractivity contribution in [1.29, 1.82) is 0 Å². The van der Waals surface area contributed by atoms with Crippen LogP contribution >= 0.6 is 0 Å². The summed E-state index contributed by atoms with van der Waals surface area (Å²) in [5.41, 5.74) is 8.03. The highest BCUT2D eigenvalue weighted by molar-refractivity contribution is 5.59. The third kappa shape index (κ3) is 1.79. The minimum atomic E-state index is -0.0244. The van der Waals surface area contributed by atoms with Crippen molar-refractivity contribution in [3.8, 4) is 5.75 Å². The lowest BCUT2D eigenvalue weighted by molar-refractivity contribution is 0.424. The van der Waals surface area contributed by atoms with Crippen LogP contribution in [0.1, 0.15) is 31.7 Å². The van der Waals surface area contributed by atoms with E-state index in [1.165, 1.54) is 5.56 Å². The third-order valence-electron chi connectivity index (χ3n) is 3.21. The molecule has 15 heavy (non-hydrogen) atoms. The highest BCUT2D eigenvalue weighted by Crippen LogP contribution is 2.39. The normalized spacial score (nSPS) is 29.4. The van der Waals surface area contributed by atoms with E-state index in [1.807, 2.05) is 12.1 Å². The highest BCUT2D eigenvalue weighted by Gasteiger charge is 2.31. The number of benzene rings is 1. The Morgan fingerprint density at radius 2 is 2.33 bits per heavy atom. The fourth-order valence-electron chi connectivity index (χ4n) is 2.37. The van der Waals surface area contributed by atoms with Crippen LogP contribution in [0.5, 0.6) is 5.75 Å². The van der Waals surface area contributed by atoms with Gasteiger partial charge in [-0.3, -0.25) is 0 Å². The molecule has 2 rings (SSSR count). The van der Waals surface area contributed by atoms with E-state index in [2.05, 4.69) is 19.2 Å². The molecule has 0 aromatic heterocycles. The number of hydrogen-bond donors (Lipinski definition) is 3. The third-order valence-corrected chi connectivity index (χ3v) is 3.21. The van der Waals surface area contributed by atoms with Crippen LogP contribution in [0.4, 0.5) is 5.69 Å². The lowest BCUT2D eigenvalue weighted by atomic mass is 9.81. The van der Waals surface area contributed by atoms with Crippen molar-refractivity contribution in [2.75, 3.05) is 11.9 Å². The van der Waals surface area contributed by atoms with Gasteiger partial charge in [-0.15, -0.1) is 0 Å². The first kappa shape index (κ1) is 10.3. The lowest BCUT2D eigenvalue weighted by Gasteiger charge is -2.39. The fourth-order valence-corrected chi connectivity index (χ4v) is 2.37. The van der Waals surface area contributed by atoms with Crippen LogP contribution in [0.25, 0.3) is 0 Å². The molecule has 1 aliphatic rings. The SMILES string of the molecule is CC1CC(C)(CN)Nc2ccc(O)cc21. The largest absolute Gasteiger partial charge is 0.508 e. The molecule has 0 aliphatic carbocycles. The van der Waals surface area contributed by atoms with Crippen molar-refractivity contribution >= 4 is 5.69 Å². The van der Waals surface area contributed by atoms with Crippen LogP contribution in [-0.2, 0) is 0 Å². The van der Waals surface area contributed by atoms with E-state index in [9.17, 15) is 5.11 Å². The maximum absolute atomic E-state index is 9.44. The molecule has 3 nitrogen and oxygen atoms in total. The van der Waals surface area contributed by atoms with Gasteiger partial charge in [-0.1, -0.05) is 6.92 Å². The minimum Gasteiger partial charge on any atom is -0.508 e. The molecule has 3 heteroatoms. The van der Waals surface area contributed by atoms with Crippen LogP contribution in [0.3, 0.4) is 0 Å². The minimum absolute atomic E-state index is 0.0244. The first-order valence-corrected chi connectivity index (χ1v) is 5.35. The number of phenols is 1. The number of rotatable bonds is 1. The second kappa shape index (κ2) is 3.42. The standard InChI is InChI=1S/C12H18N2O/c1-8-6-12(2,7-13)14-11-4-3-9(15)5-10(8)11/h3-5,8,14-15H,6-7,13H2,1-2H3. The van der Waals surface area contributed by atoms with Gasteiger partial charge in [-0.25, -0.2) is 0 Å². The number of phenolic OH excluding ortho intramolecular Hbond substituents is 1. The average molecular weight is 206 g/mol. The summed E-state index contributed by atoms with van der Waals surface area (Å²) in [7, 11) is 0. The molecule has 0 spiro atoms. The van der Waals surface area contributed by atoms with Crippen LogP contribution in [0.15, 0.2) is 18.2 Å². The second-order valence-electron chi connectivity index (χ2n) is 4.77. The van der Waals surface area contributed by atoms with E-state index in [0.29, 0.717) is 18.2 Å². The van der Waals surface area contributed by atoms with Crippen LogP contribution in [0.2, 0.25) is 0 Å². The predicted octanol–water partition coefficient (Wildman–Crippen LogP) is 2.03. The Kier molecular flexibility index (Phi) is 2.35. The molecule has 0 saturated heterocycles. The van der Waals surface area contributed by atoms with E-state index in [0.717, 1.165) is 12.1 Å². The Balaban J connectivity index is 2.41. The Morgan fingerprint density at radius 3 is 3.00 bits per heavy atom. The zero-order valence-electron chi connectivity index (χ0n) is 9.25. The molecule has 1 heterocycles. The first-order valence-electron chi connectivity index (χ1n) is 5.35. The Morgan fingerprint density at radius 1 is 1.60 bits per heavy atom. The van der Waals surface area contributed by atoms with Crippen molar-refractivity contribution in [3.63, 3.8) is 0 Å². The summed E-state index contributed by atoms with van der Waals surface area (Å²) in [5, 5.41) is 12.9. The molecule has 0 amide bonds. The smallest absolute Gasteiger partial charge is 0.116 e. The fraction of sp³-hybridized carbons (Fsp3) is 0.500. The van der Waals surface area contributed by atoms with Gasteiger partial charge in [-0.05, 0) is 43.0 Å².